The molecule has 0 fully saturated rings. The van der Waals surface area contributed by atoms with Crippen molar-refractivity contribution in [3.05, 3.63) is 0 Å². The van der Waals surface area contributed by atoms with Crippen molar-refractivity contribution in [1.82, 2.24) is 0 Å². The van der Waals surface area contributed by atoms with Crippen LogP contribution in [0.15, 0.2) is 0 Å². The first-order valence-corrected chi connectivity index (χ1v) is 6.36. The molecule has 0 saturated carbocycles. The first-order chi connectivity index (χ1) is 1.41. The first kappa shape index (κ1) is 8.96. The summed E-state index contributed by atoms with van der Waals surface area (Å²) in [7, 11) is 8.67. The normalized spacial score (nSPS) is 2.00. The fraction of sp³-hybridized carbons (Fsp3) is 0. The third-order valence-electron chi connectivity index (χ3n) is 0. The van der Waals surface area contributed by atoms with E-state index in [0.717, 1.165) is 0 Å². The molecule has 0 rings (SSSR count). The molecule has 0 unspecified atom stereocenters. The molecule has 0 aromatic carbocycles. The quantitative estimate of drug-likeness (QED) is 0.446. The summed E-state index contributed by atoms with van der Waals surface area (Å²) in [5, 5.41) is 0. The number of rotatable bonds is 0. The molecule has 0 aromatic heterocycles. The van der Waals surface area contributed by atoms with E-state index in [9.17, 15) is 0 Å². The molecule has 0 spiro atoms. The second kappa shape index (κ2) is 8.89. The van der Waals surface area contributed by atoms with E-state index < -0.39 is 0 Å². The Bertz CT molecular complexity index is 27.0. The van der Waals surface area contributed by atoms with Crippen LogP contribution in [0, 0.1) is 0 Å². The van der Waals surface area contributed by atoms with E-state index in [1.54, 1.807) is 0 Å². The molecule has 0 aliphatic carbocycles. The molecular weight excluding hydrogens is 165 g/mol. The molecule has 0 radical (unpaired) electrons. The fourth-order valence-corrected chi connectivity index (χ4v) is 0. The minimum absolute atomic E-state index is 0. The van der Waals surface area contributed by atoms with Gasteiger partial charge < -0.3 is 0 Å². The van der Waals surface area contributed by atoms with Crippen molar-refractivity contribution in [2.24, 2.45) is 0 Å². The van der Waals surface area contributed by atoms with Crippen molar-refractivity contribution < 1.29 is 0 Å². The van der Waals surface area contributed by atoms with Crippen molar-refractivity contribution in [2.75, 3.05) is 0 Å². The van der Waals surface area contributed by atoms with Crippen LogP contribution in [-0.4, -0.2) is 23.1 Å². The molecule has 0 nitrogen and oxygen atoms in total. The fourth-order valence-electron chi connectivity index (χ4n) is 0. The molecule has 4 heavy (non-hydrogen) atoms. The summed E-state index contributed by atoms with van der Waals surface area (Å²) in [6.45, 7) is 0. The van der Waals surface area contributed by atoms with E-state index in [1.165, 1.54) is 0 Å². The standard InChI is InChI=1S/GeS2.H4Si/c2-1-3;/h;1H4. The minimum Gasteiger partial charge on any atom is -0.0149 e. The average Bonchev–Trinajstić information content (AvgIpc) is 0.918. The first-order valence-electron chi connectivity index (χ1n) is 0.408. The van der Waals surface area contributed by atoms with Gasteiger partial charge in [0.15, 0.2) is 0 Å². The third kappa shape index (κ3) is 10.8. The van der Waals surface area contributed by atoms with E-state index in [1.807, 2.05) is 0 Å². The van der Waals surface area contributed by atoms with Gasteiger partial charge in [0.1, 0.15) is 0 Å². The van der Waals surface area contributed by atoms with Crippen molar-refractivity contribution >= 4 is 44.0 Å². The zero-order chi connectivity index (χ0) is 2.71. The van der Waals surface area contributed by atoms with Gasteiger partial charge >= 0.3 is 33.0 Å². The summed E-state index contributed by atoms with van der Waals surface area (Å²) in [6.07, 6.45) is 0. The molecule has 0 saturated heterocycles. The Morgan fingerprint density at radius 1 is 1.25 bits per heavy atom. The van der Waals surface area contributed by atoms with E-state index in [2.05, 4.69) is 20.9 Å². The second-order valence-electron chi connectivity index (χ2n) is 0.0833. The predicted molar refractivity (Wildman–Crippen MR) is 32.3 cm³/mol. The van der Waals surface area contributed by atoms with Gasteiger partial charge in [0.2, 0.25) is 0 Å². The van der Waals surface area contributed by atoms with Gasteiger partial charge in [-0.25, -0.2) is 0 Å². The second-order valence-corrected chi connectivity index (χ2v) is 3.90. The van der Waals surface area contributed by atoms with Crippen LogP contribution in [0.25, 0.3) is 0 Å². The van der Waals surface area contributed by atoms with E-state index in [-0.39, 0.29) is 23.1 Å². The van der Waals surface area contributed by atoms with Gasteiger partial charge in [-0.1, -0.05) is 0 Å². The van der Waals surface area contributed by atoms with Gasteiger partial charge in [0.05, 0.1) is 0 Å². The molecule has 0 aromatic rings. The third-order valence-corrected chi connectivity index (χ3v) is 0. The van der Waals surface area contributed by atoms with Gasteiger partial charge in [0.25, 0.3) is 0 Å². The molecule has 0 N–H and O–H groups in total. The molecule has 24 valence electrons. The monoisotopic (exact) mass is 170 g/mol. The molecule has 0 heterocycles. The number of hydrogen-bond acceptors (Lipinski definition) is 2. The van der Waals surface area contributed by atoms with Crippen LogP contribution >= 0.6 is 20.9 Å². The molecule has 0 amide bonds. The van der Waals surface area contributed by atoms with Crippen LogP contribution in [0.3, 0.4) is 0 Å². The van der Waals surface area contributed by atoms with Crippen LogP contribution in [0.2, 0.25) is 0 Å². The van der Waals surface area contributed by atoms with Gasteiger partial charge in [0, 0.05) is 0 Å². The molecule has 0 atom stereocenters. The Morgan fingerprint density at radius 2 is 1.25 bits per heavy atom. The summed E-state index contributed by atoms with van der Waals surface area (Å²) in [4.78, 5) is 0. The zero-order valence-electron chi connectivity index (χ0n) is 1.32. The summed E-state index contributed by atoms with van der Waals surface area (Å²) in [5.74, 6) is 0. The van der Waals surface area contributed by atoms with Crippen molar-refractivity contribution in [1.29, 1.82) is 0 Å². The summed E-state index contributed by atoms with van der Waals surface area (Å²) in [6, 6.07) is 0. The van der Waals surface area contributed by atoms with Crippen molar-refractivity contribution in [3.63, 3.8) is 0 Å². The Kier molecular flexibility index (Phi) is 19.9. The molecule has 4 heteroatoms. The van der Waals surface area contributed by atoms with E-state index in [0.29, 0.717) is 0 Å². The maximum absolute atomic E-state index is 4.33. The summed E-state index contributed by atoms with van der Waals surface area (Å²) >= 11 is -0.333. The Balaban J connectivity index is 0. The minimum atomic E-state index is -0.333. The van der Waals surface area contributed by atoms with E-state index in [4.69, 9.17) is 0 Å². The Morgan fingerprint density at radius 3 is 1.25 bits per heavy atom. The predicted octanol–water partition coefficient (Wildman–Crippen LogP) is -0.536. The SMILES string of the molecule is [S]=[Ge]=[S].[SiH4]. The van der Waals surface area contributed by atoms with Crippen LogP contribution in [0.1, 0.15) is 0 Å². The zero-order valence-corrected chi connectivity index (χ0v) is 5.05. The molecule has 0 aliphatic rings. The molecular formula is H4GeS2Si. The maximum atomic E-state index is 4.33. The van der Waals surface area contributed by atoms with Gasteiger partial charge in [-0.05, 0) is 11.0 Å². The van der Waals surface area contributed by atoms with Crippen molar-refractivity contribution in [3.8, 4) is 0 Å². The number of hydrogen-bond donors (Lipinski definition) is 0. The summed E-state index contributed by atoms with van der Waals surface area (Å²) < 4.78 is 0. The van der Waals surface area contributed by atoms with Crippen LogP contribution in [0.4, 0.5) is 0 Å². The van der Waals surface area contributed by atoms with Crippen LogP contribution < -0.4 is 0 Å². The summed E-state index contributed by atoms with van der Waals surface area (Å²) in [5.41, 5.74) is 0. The average molecular weight is 169 g/mol. The smallest absolute Gasteiger partial charge is 0.0149 e. The van der Waals surface area contributed by atoms with Gasteiger partial charge in [-0.15, -0.1) is 0 Å². The van der Waals surface area contributed by atoms with Gasteiger partial charge in [-0.3, -0.25) is 0 Å². The Hall–Kier alpha value is 1.20. The van der Waals surface area contributed by atoms with Gasteiger partial charge in [-0.2, -0.15) is 0 Å². The largest absolute Gasteiger partial charge is 0.0149 e. The van der Waals surface area contributed by atoms with Crippen LogP contribution in [0.5, 0.6) is 0 Å². The Labute approximate surface area is 44.1 Å². The molecule has 0 bridgehead atoms. The van der Waals surface area contributed by atoms with Crippen LogP contribution in [-0.2, 0) is 0 Å². The topological polar surface area (TPSA) is 0 Å². The maximum Gasteiger partial charge on any atom is -0.0149 e. The van der Waals surface area contributed by atoms with E-state index >= 15 is 0 Å². The van der Waals surface area contributed by atoms with Crippen molar-refractivity contribution in [2.45, 2.75) is 0 Å². The molecule has 0 aliphatic heterocycles.